The molecule has 0 amide bonds. The first kappa shape index (κ1) is 8.39. The highest BCUT2D eigenvalue weighted by atomic mass is 16.5. The average molecular weight is 167 g/mol. The van der Waals surface area contributed by atoms with Crippen LogP contribution < -0.4 is 15.9 Å². The SMILES string of the molecule is COc1cc(C(N)=[NH2+])ccc1O. The first-order valence-electron chi connectivity index (χ1n) is 3.40. The first-order chi connectivity index (χ1) is 5.65. The van der Waals surface area contributed by atoms with Crippen LogP contribution in [0.25, 0.3) is 0 Å². The molecule has 0 fully saturated rings. The number of benzene rings is 1. The van der Waals surface area contributed by atoms with Crippen molar-refractivity contribution >= 4 is 5.84 Å². The molecule has 0 unspecified atom stereocenters. The molecule has 0 heterocycles. The van der Waals surface area contributed by atoms with Crippen molar-refractivity contribution in [3.63, 3.8) is 0 Å². The van der Waals surface area contributed by atoms with Crippen molar-refractivity contribution < 1.29 is 15.3 Å². The number of phenolic OH excluding ortho intramolecular Hbond substituents is 1. The molecule has 0 aromatic heterocycles. The van der Waals surface area contributed by atoms with E-state index < -0.39 is 0 Å². The molecule has 0 saturated carbocycles. The Bertz CT molecular complexity index is 310. The molecule has 4 nitrogen and oxygen atoms in total. The summed E-state index contributed by atoms with van der Waals surface area (Å²) in [4.78, 5) is 0. The summed E-state index contributed by atoms with van der Waals surface area (Å²) in [6, 6.07) is 4.67. The van der Waals surface area contributed by atoms with Gasteiger partial charge in [-0.05, 0) is 18.2 Å². The van der Waals surface area contributed by atoms with Gasteiger partial charge in [0, 0.05) is 0 Å². The Hall–Kier alpha value is -1.71. The molecule has 0 atom stereocenters. The zero-order valence-corrected chi connectivity index (χ0v) is 6.74. The van der Waals surface area contributed by atoms with E-state index in [9.17, 15) is 5.11 Å². The lowest BCUT2D eigenvalue weighted by molar-refractivity contribution is -0.114. The van der Waals surface area contributed by atoms with Crippen molar-refractivity contribution in [1.82, 2.24) is 0 Å². The number of amidine groups is 1. The number of ether oxygens (including phenoxy) is 1. The van der Waals surface area contributed by atoms with Gasteiger partial charge in [-0.3, -0.25) is 11.1 Å². The van der Waals surface area contributed by atoms with Crippen LogP contribution in [0.15, 0.2) is 18.2 Å². The molecule has 12 heavy (non-hydrogen) atoms. The molecule has 64 valence electrons. The summed E-state index contributed by atoms with van der Waals surface area (Å²) >= 11 is 0. The Morgan fingerprint density at radius 2 is 2.25 bits per heavy atom. The molecule has 0 aliphatic heterocycles. The van der Waals surface area contributed by atoms with Crippen LogP contribution in [-0.2, 0) is 0 Å². The molecule has 0 spiro atoms. The molecule has 1 rings (SSSR count). The van der Waals surface area contributed by atoms with Crippen molar-refractivity contribution in [2.75, 3.05) is 7.11 Å². The Balaban J connectivity index is 3.13. The van der Waals surface area contributed by atoms with Crippen molar-refractivity contribution in [2.45, 2.75) is 0 Å². The fraction of sp³-hybridized carbons (Fsp3) is 0.125. The van der Waals surface area contributed by atoms with Gasteiger partial charge >= 0.3 is 0 Å². The van der Waals surface area contributed by atoms with E-state index in [0.29, 0.717) is 11.3 Å². The number of rotatable bonds is 2. The first-order valence-corrected chi connectivity index (χ1v) is 3.40. The zero-order chi connectivity index (χ0) is 9.14. The summed E-state index contributed by atoms with van der Waals surface area (Å²) in [6.45, 7) is 0. The highest BCUT2D eigenvalue weighted by Gasteiger charge is 2.06. The summed E-state index contributed by atoms with van der Waals surface area (Å²) in [5.74, 6) is 0.636. The van der Waals surface area contributed by atoms with Crippen LogP contribution in [-0.4, -0.2) is 18.1 Å². The molecule has 0 aliphatic rings. The van der Waals surface area contributed by atoms with Gasteiger partial charge < -0.3 is 9.84 Å². The molecule has 0 bridgehead atoms. The van der Waals surface area contributed by atoms with Gasteiger partial charge in [-0.25, -0.2) is 0 Å². The zero-order valence-electron chi connectivity index (χ0n) is 6.74. The maximum Gasteiger partial charge on any atom is 0.270 e. The minimum atomic E-state index is 0.0718. The van der Waals surface area contributed by atoms with Crippen molar-refractivity contribution in [3.8, 4) is 11.5 Å². The fourth-order valence-electron chi connectivity index (χ4n) is 0.857. The number of hydrogen-bond donors (Lipinski definition) is 3. The lowest BCUT2D eigenvalue weighted by Crippen LogP contribution is -2.46. The van der Waals surface area contributed by atoms with Crippen LogP contribution in [0.3, 0.4) is 0 Å². The lowest BCUT2D eigenvalue weighted by atomic mass is 10.2. The van der Waals surface area contributed by atoms with E-state index in [-0.39, 0.29) is 11.6 Å². The van der Waals surface area contributed by atoms with Crippen LogP contribution in [0, 0.1) is 0 Å². The standard InChI is InChI=1S/C8H10N2O2/c1-12-7-4-5(8(9)10)2-3-6(7)11/h2-4,11H,1H3,(H3,9,10)/p+1. The van der Waals surface area contributed by atoms with E-state index >= 15 is 0 Å². The quantitative estimate of drug-likeness (QED) is 0.385. The Labute approximate surface area is 70.1 Å². The Morgan fingerprint density at radius 1 is 1.58 bits per heavy atom. The third kappa shape index (κ3) is 1.47. The van der Waals surface area contributed by atoms with E-state index in [0.717, 1.165) is 0 Å². The summed E-state index contributed by atoms with van der Waals surface area (Å²) in [5.41, 5.74) is 5.99. The number of aromatic hydroxyl groups is 1. The van der Waals surface area contributed by atoms with E-state index in [1.54, 1.807) is 12.1 Å². The smallest absolute Gasteiger partial charge is 0.270 e. The largest absolute Gasteiger partial charge is 0.504 e. The monoisotopic (exact) mass is 167 g/mol. The van der Waals surface area contributed by atoms with Gasteiger partial charge in [0.1, 0.15) is 0 Å². The predicted octanol–water partition coefficient (Wildman–Crippen LogP) is -1.13. The molecule has 0 radical (unpaired) electrons. The van der Waals surface area contributed by atoms with E-state index in [4.69, 9.17) is 15.9 Å². The number of methoxy groups -OCH3 is 1. The molecule has 1 aromatic carbocycles. The summed E-state index contributed by atoms with van der Waals surface area (Å²) in [5, 5.41) is 14.5. The van der Waals surface area contributed by atoms with Crippen molar-refractivity contribution in [2.24, 2.45) is 5.73 Å². The molecular formula is C8H11N2O2+. The highest BCUT2D eigenvalue weighted by Crippen LogP contribution is 2.25. The minimum absolute atomic E-state index is 0.0718. The van der Waals surface area contributed by atoms with Crippen LogP contribution in [0.5, 0.6) is 11.5 Å². The van der Waals surface area contributed by atoms with E-state index in [1.807, 2.05) is 0 Å². The van der Waals surface area contributed by atoms with Gasteiger partial charge in [-0.2, -0.15) is 0 Å². The second-order valence-corrected chi connectivity index (χ2v) is 2.34. The predicted molar refractivity (Wildman–Crippen MR) is 44.9 cm³/mol. The fourth-order valence-corrected chi connectivity index (χ4v) is 0.857. The van der Waals surface area contributed by atoms with Gasteiger partial charge in [-0.15, -0.1) is 0 Å². The second kappa shape index (κ2) is 3.13. The minimum Gasteiger partial charge on any atom is -0.504 e. The average Bonchev–Trinajstić information content (AvgIpc) is 2.05. The topological polar surface area (TPSA) is 81.1 Å². The van der Waals surface area contributed by atoms with E-state index in [2.05, 4.69) is 0 Å². The maximum atomic E-state index is 9.20. The number of phenols is 1. The third-order valence-corrected chi connectivity index (χ3v) is 1.51. The highest BCUT2D eigenvalue weighted by molar-refractivity contribution is 5.93. The van der Waals surface area contributed by atoms with Crippen LogP contribution in [0.2, 0.25) is 0 Å². The summed E-state index contributed by atoms with van der Waals surface area (Å²) in [7, 11) is 1.46. The molecule has 0 aliphatic carbocycles. The molecule has 5 N–H and O–H groups in total. The molecule has 0 saturated heterocycles. The van der Waals surface area contributed by atoms with Gasteiger partial charge in [0.15, 0.2) is 11.5 Å². The second-order valence-electron chi connectivity index (χ2n) is 2.34. The molecular weight excluding hydrogens is 156 g/mol. The van der Waals surface area contributed by atoms with Crippen molar-refractivity contribution in [3.05, 3.63) is 23.8 Å². The Morgan fingerprint density at radius 3 is 2.75 bits per heavy atom. The molecule has 1 aromatic rings. The van der Waals surface area contributed by atoms with Crippen molar-refractivity contribution in [1.29, 1.82) is 0 Å². The van der Waals surface area contributed by atoms with Crippen LogP contribution in [0.4, 0.5) is 0 Å². The summed E-state index contributed by atoms with van der Waals surface area (Å²) < 4.78 is 4.86. The van der Waals surface area contributed by atoms with Gasteiger partial charge in [0.2, 0.25) is 0 Å². The maximum absolute atomic E-state index is 9.20. The molecule has 4 heteroatoms. The normalized spacial score (nSPS) is 9.42. The number of nitrogens with two attached hydrogens (primary N) is 2. The summed E-state index contributed by atoms with van der Waals surface area (Å²) in [6.07, 6.45) is 0. The Kier molecular flexibility index (Phi) is 2.19. The number of hydrogen-bond acceptors (Lipinski definition) is 2. The van der Waals surface area contributed by atoms with Gasteiger partial charge in [0.25, 0.3) is 5.84 Å². The third-order valence-electron chi connectivity index (χ3n) is 1.51. The lowest BCUT2D eigenvalue weighted by Gasteiger charge is -2.02. The van der Waals surface area contributed by atoms with Crippen LogP contribution >= 0.6 is 0 Å². The van der Waals surface area contributed by atoms with Gasteiger partial charge in [0.05, 0.1) is 12.7 Å². The van der Waals surface area contributed by atoms with Gasteiger partial charge in [-0.1, -0.05) is 0 Å². The van der Waals surface area contributed by atoms with Crippen LogP contribution in [0.1, 0.15) is 5.56 Å². The van der Waals surface area contributed by atoms with E-state index in [1.165, 1.54) is 13.2 Å².